The van der Waals surface area contributed by atoms with E-state index in [9.17, 15) is 0 Å². The van der Waals surface area contributed by atoms with Gasteiger partial charge in [-0.25, -0.2) is 0 Å². The van der Waals surface area contributed by atoms with Crippen molar-refractivity contribution in [1.82, 2.24) is 5.32 Å². The number of nitrogens with one attached hydrogen (secondary N) is 1. The zero-order valence-electron chi connectivity index (χ0n) is 9.74. The third-order valence-corrected chi connectivity index (χ3v) is 5.13. The molecule has 0 bridgehead atoms. The number of halogens is 1. The van der Waals surface area contributed by atoms with Crippen LogP contribution in [0.1, 0.15) is 31.9 Å². The fraction of sp³-hybridized carbons (Fsp3) is 0.538. The SMILES string of the molecule is CC1CC(N[C@@H](C)c2ccccc2Br)CS1. The first-order chi connectivity index (χ1) is 7.66. The molecule has 0 spiro atoms. The van der Waals surface area contributed by atoms with Gasteiger partial charge in [0.05, 0.1) is 0 Å². The minimum atomic E-state index is 0.423. The van der Waals surface area contributed by atoms with Crippen LogP contribution in [0.4, 0.5) is 0 Å². The highest BCUT2D eigenvalue weighted by Crippen LogP contribution is 2.29. The normalized spacial score (nSPS) is 26.9. The molecule has 0 saturated carbocycles. The standard InChI is InChI=1S/C13H18BrNS/c1-9-7-11(8-16-9)15-10(2)12-5-3-4-6-13(12)14/h3-6,9-11,15H,7-8H2,1-2H3/t9?,10-,11?/m0/s1. The number of benzene rings is 1. The molecule has 1 nitrogen and oxygen atoms in total. The van der Waals surface area contributed by atoms with Gasteiger partial charge in [0.1, 0.15) is 0 Å². The van der Waals surface area contributed by atoms with Crippen LogP contribution in [0.25, 0.3) is 0 Å². The lowest BCUT2D eigenvalue weighted by Crippen LogP contribution is -2.31. The van der Waals surface area contributed by atoms with Gasteiger partial charge in [-0.15, -0.1) is 0 Å². The first kappa shape index (κ1) is 12.5. The third kappa shape index (κ3) is 3.02. The van der Waals surface area contributed by atoms with E-state index in [1.54, 1.807) is 0 Å². The molecule has 1 aliphatic heterocycles. The fourth-order valence-electron chi connectivity index (χ4n) is 2.20. The van der Waals surface area contributed by atoms with Crippen molar-refractivity contribution in [2.24, 2.45) is 0 Å². The van der Waals surface area contributed by atoms with Crippen molar-refractivity contribution in [3.63, 3.8) is 0 Å². The molecule has 1 heterocycles. The van der Waals surface area contributed by atoms with Crippen LogP contribution in [-0.4, -0.2) is 17.0 Å². The summed E-state index contributed by atoms with van der Waals surface area (Å²) in [6.45, 7) is 4.56. The highest BCUT2D eigenvalue weighted by Gasteiger charge is 2.23. The summed E-state index contributed by atoms with van der Waals surface area (Å²) in [5, 5.41) is 4.52. The number of thioether (sulfide) groups is 1. The largest absolute Gasteiger partial charge is 0.307 e. The van der Waals surface area contributed by atoms with Crippen LogP contribution in [-0.2, 0) is 0 Å². The molecule has 0 aliphatic carbocycles. The van der Waals surface area contributed by atoms with E-state index < -0.39 is 0 Å². The summed E-state index contributed by atoms with van der Waals surface area (Å²) in [5.74, 6) is 1.25. The monoisotopic (exact) mass is 299 g/mol. The molecular weight excluding hydrogens is 282 g/mol. The van der Waals surface area contributed by atoms with Crippen molar-refractivity contribution in [3.8, 4) is 0 Å². The van der Waals surface area contributed by atoms with Gasteiger partial charge in [0.2, 0.25) is 0 Å². The van der Waals surface area contributed by atoms with Crippen molar-refractivity contribution < 1.29 is 0 Å². The molecule has 1 N–H and O–H groups in total. The maximum Gasteiger partial charge on any atom is 0.0305 e. The van der Waals surface area contributed by atoms with Crippen LogP contribution in [0.15, 0.2) is 28.7 Å². The second-order valence-electron chi connectivity index (χ2n) is 4.49. The Bertz CT molecular complexity index is 356. The van der Waals surface area contributed by atoms with E-state index in [-0.39, 0.29) is 0 Å². The second kappa shape index (κ2) is 5.56. The molecule has 2 rings (SSSR count). The zero-order valence-corrected chi connectivity index (χ0v) is 12.1. The molecule has 0 radical (unpaired) electrons. The van der Waals surface area contributed by atoms with Crippen LogP contribution < -0.4 is 5.32 Å². The van der Waals surface area contributed by atoms with Crippen LogP contribution in [0, 0.1) is 0 Å². The molecule has 3 atom stereocenters. The molecular formula is C13H18BrNS. The van der Waals surface area contributed by atoms with Crippen molar-refractivity contribution in [2.75, 3.05) is 5.75 Å². The Morgan fingerprint density at radius 2 is 2.19 bits per heavy atom. The van der Waals surface area contributed by atoms with E-state index in [1.165, 1.54) is 22.2 Å². The summed E-state index contributed by atoms with van der Waals surface area (Å²) in [6, 6.07) is 9.55. The highest BCUT2D eigenvalue weighted by atomic mass is 79.9. The summed E-state index contributed by atoms with van der Waals surface area (Å²) >= 11 is 5.69. The van der Waals surface area contributed by atoms with Crippen molar-refractivity contribution in [1.29, 1.82) is 0 Å². The van der Waals surface area contributed by atoms with Crippen LogP contribution in [0.2, 0.25) is 0 Å². The van der Waals surface area contributed by atoms with Gasteiger partial charge in [0.25, 0.3) is 0 Å². The van der Waals surface area contributed by atoms with Gasteiger partial charge in [-0.1, -0.05) is 41.1 Å². The Labute approximate surface area is 111 Å². The molecule has 1 aromatic rings. The quantitative estimate of drug-likeness (QED) is 0.905. The average molecular weight is 300 g/mol. The van der Waals surface area contributed by atoms with Crippen molar-refractivity contribution >= 4 is 27.7 Å². The van der Waals surface area contributed by atoms with E-state index in [4.69, 9.17) is 0 Å². The second-order valence-corrected chi connectivity index (χ2v) is 6.81. The Hall–Kier alpha value is 0.01000. The van der Waals surface area contributed by atoms with E-state index in [1.807, 2.05) is 0 Å². The van der Waals surface area contributed by atoms with Gasteiger partial charge in [-0.3, -0.25) is 0 Å². The summed E-state index contributed by atoms with van der Waals surface area (Å²) in [4.78, 5) is 0. The van der Waals surface area contributed by atoms with E-state index >= 15 is 0 Å². The maximum atomic E-state index is 3.72. The van der Waals surface area contributed by atoms with Crippen LogP contribution in [0.3, 0.4) is 0 Å². The average Bonchev–Trinajstić information content (AvgIpc) is 2.64. The molecule has 16 heavy (non-hydrogen) atoms. The first-order valence-corrected chi connectivity index (χ1v) is 7.63. The molecule has 0 aromatic heterocycles. The molecule has 1 saturated heterocycles. The van der Waals surface area contributed by atoms with E-state index in [0.717, 1.165) is 5.25 Å². The van der Waals surface area contributed by atoms with Gasteiger partial charge < -0.3 is 5.32 Å². The smallest absolute Gasteiger partial charge is 0.0305 e. The molecule has 1 aromatic carbocycles. The summed E-state index contributed by atoms with van der Waals surface area (Å²) in [6.07, 6.45) is 1.29. The lowest BCUT2D eigenvalue weighted by Gasteiger charge is -2.20. The molecule has 88 valence electrons. The van der Waals surface area contributed by atoms with Gasteiger partial charge in [-0.2, -0.15) is 11.8 Å². The van der Waals surface area contributed by atoms with E-state index in [0.29, 0.717) is 12.1 Å². The van der Waals surface area contributed by atoms with E-state index in [2.05, 4.69) is 71.1 Å². The summed E-state index contributed by atoms with van der Waals surface area (Å²) in [5.41, 5.74) is 1.35. The Kier molecular flexibility index (Phi) is 4.34. The number of hydrogen-bond donors (Lipinski definition) is 1. The van der Waals surface area contributed by atoms with Gasteiger partial charge in [0.15, 0.2) is 0 Å². The zero-order chi connectivity index (χ0) is 11.5. The molecule has 0 amide bonds. The topological polar surface area (TPSA) is 12.0 Å². The van der Waals surface area contributed by atoms with Gasteiger partial charge in [0, 0.05) is 27.6 Å². The Morgan fingerprint density at radius 3 is 2.81 bits per heavy atom. The predicted octanol–water partition coefficient (Wildman–Crippen LogP) is 3.99. The molecule has 3 heteroatoms. The molecule has 1 aliphatic rings. The lowest BCUT2D eigenvalue weighted by molar-refractivity contribution is 0.473. The molecule has 1 fully saturated rings. The highest BCUT2D eigenvalue weighted by molar-refractivity contribution is 9.10. The first-order valence-electron chi connectivity index (χ1n) is 5.79. The number of rotatable bonds is 3. The van der Waals surface area contributed by atoms with Gasteiger partial charge >= 0.3 is 0 Å². The minimum Gasteiger partial charge on any atom is -0.307 e. The Morgan fingerprint density at radius 1 is 1.44 bits per heavy atom. The third-order valence-electron chi connectivity index (χ3n) is 3.06. The summed E-state index contributed by atoms with van der Waals surface area (Å²) < 4.78 is 1.20. The van der Waals surface area contributed by atoms with Gasteiger partial charge in [-0.05, 0) is 25.0 Å². The Balaban J connectivity index is 1.98. The maximum absolute atomic E-state index is 3.72. The van der Waals surface area contributed by atoms with Crippen molar-refractivity contribution in [3.05, 3.63) is 34.3 Å². The van der Waals surface area contributed by atoms with Crippen LogP contribution in [0.5, 0.6) is 0 Å². The number of hydrogen-bond acceptors (Lipinski definition) is 2. The van der Waals surface area contributed by atoms with Crippen molar-refractivity contribution in [2.45, 2.75) is 37.6 Å². The fourth-order valence-corrected chi connectivity index (χ4v) is 3.99. The minimum absolute atomic E-state index is 0.423. The predicted molar refractivity (Wildman–Crippen MR) is 76.0 cm³/mol. The molecule has 2 unspecified atom stereocenters. The lowest BCUT2D eigenvalue weighted by atomic mass is 10.1. The van der Waals surface area contributed by atoms with Crippen LogP contribution >= 0.6 is 27.7 Å². The summed E-state index contributed by atoms with van der Waals surface area (Å²) in [7, 11) is 0.